The fourth-order valence-corrected chi connectivity index (χ4v) is 2.85. The van der Waals surface area contributed by atoms with Crippen LogP contribution in [0.2, 0.25) is 0 Å². The van der Waals surface area contributed by atoms with Gasteiger partial charge in [0.15, 0.2) is 0 Å². The second kappa shape index (κ2) is 10.5. The molecule has 2 N–H and O–H groups in total. The number of halogens is 1. The largest absolute Gasteiger partial charge is 0.489 e. The van der Waals surface area contributed by atoms with Crippen LogP contribution in [0.5, 0.6) is 5.75 Å². The van der Waals surface area contributed by atoms with Crippen molar-refractivity contribution >= 4 is 11.7 Å². The molecule has 2 aromatic carbocycles. The second-order valence-electron chi connectivity index (χ2n) is 6.35. The van der Waals surface area contributed by atoms with E-state index in [9.17, 15) is 9.18 Å². The van der Waals surface area contributed by atoms with Crippen molar-refractivity contribution in [1.82, 2.24) is 10.2 Å². The van der Waals surface area contributed by atoms with Crippen molar-refractivity contribution in [3.63, 3.8) is 0 Å². The second-order valence-corrected chi connectivity index (χ2v) is 6.35. The molecule has 0 bridgehead atoms. The maximum absolute atomic E-state index is 13.2. The lowest BCUT2D eigenvalue weighted by Gasteiger charge is -2.26. The van der Waals surface area contributed by atoms with Crippen LogP contribution in [0.25, 0.3) is 0 Å². The van der Waals surface area contributed by atoms with Gasteiger partial charge in [-0.2, -0.15) is 0 Å². The molecule has 0 fully saturated rings. The molecule has 0 aliphatic carbocycles. The Hall–Kier alpha value is -2.60. The Balaban J connectivity index is 1.84. The first-order chi connectivity index (χ1) is 13.0. The van der Waals surface area contributed by atoms with Crippen molar-refractivity contribution < 1.29 is 13.9 Å². The Morgan fingerprint density at radius 3 is 2.59 bits per heavy atom. The summed E-state index contributed by atoms with van der Waals surface area (Å²) < 4.78 is 18.9. The quantitative estimate of drug-likeness (QED) is 0.691. The van der Waals surface area contributed by atoms with E-state index in [0.29, 0.717) is 18.0 Å². The SMILES string of the molecule is CCN(CC)C(C)CNC(=O)Nc1cccc(OCc2cccc(F)c2)c1. The van der Waals surface area contributed by atoms with Crippen molar-refractivity contribution in [2.75, 3.05) is 25.0 Å². The lowest BCUT2D eigenvalue weighted by Crippen LogP contribution is -2.43. The monoisotopic (exact) mass is 373 g/mol. The summed E-state index contributed by atoms with van der Waals surface area (Å²) in [5.74, 6) is 0.315. The number of carbonyl (C=O) groups excluding carboxylic acids is 1. The molecule has 2 amide bonds. The van der Waals surface area contributed by atoms with Crippen molar-refractivity contribution in [3.05, 3.63) is 59.9 Å². The molecule has 0 aromatic heterocycles. The van der Waals surface area contributed by atoms with E-state index in [1.165, 1.54) is 12.1 Å². The summed E-state index contributed by atoms with van der Waals surface area (Å²) in [5, 5.41) is 5.70. The van der Waals surface area contributed by atoms with Crippen LogP contribution in [0.3, 0.4) is 0 Å². The molecule has 0 aliphatic rings. The third-order valence-corrected chi connectivity index (χ3v) is 4.38. The number of benzene rings is 2. The number of nitrogens with one attached hydrogen (secondary N) is 2. The van der Waals surface area contributed by atoms with Crippen LogP contribution in [0.1, 0.15) is 26.3 Å². The Morgan fingerprint density at radius 1 is 1.15 bits per heavy atom. The molecular formula is C21H28FN3O2. The van der Waals surface area contributed by atoms with Crippen LogP contribution in [0.4, 0.5) is 14.9 Å². The maximum atomic E-state index is 13.2. The van der Waals surface area contributed by atoms with Gasteiger partial charge in [0.1, 0.15) is 18.2 Å². The van der Waals surface area contributed by atoms with E-state index in [0.717, 1.165) is 18.7 Å². The number of rotatable bonds is 9. The van der Waals surface area contributed by atoms with Crippen molar-refractivity contribution in [1.29, 1.82) is 0 Å². The highest BCUT2D eigenvalue weighted by molar-refractivity contribution is 5.89. The van der Waals surface area contributed by atoms with E-state index in [2.05, 4.69) is 36.3 Å². The lowest BCUT2D eigenvalue weighted by atomic mass is 10.2. The number of hydrogen-bond donors (Lipinski definition) is 2. The standard InChI is InChI=1S/C21H28FN3O2/c1-4-25(5-2)16(3)14-23-21(26)24-19-10-7-11-20(13-19)27-15-17-8-6-9-18(22)12-17/h6-13,16H,4-5,14-15H2,1-3H3,(H2,23,24,26). The Kier molecular flexibility index (Phi) is 8.07. The van der Waals surface area contributed by atoms with E-state index in [4.69, 9.17) is 4.74 Å². The zero-order valence-corrected chi connectivity index (χ0v) is 16.2. The van der Waals surface area contributed by atoms with Gasteiger partial charge < -0.3 is 15.4 Å². The summed E-state index contributed by atoms with van der Waals surface area (Å²) in [6.07, 6.45) is 0. The molecule has 5 nitrogen and oxygen atoms in total. The van der Waals surface area contributed by atoms with Crippen LogP contribution in [0, 0.1) is 5.82 Å². The van der Waals surface area contributed by atoms with Crippen LogP contribution < -0.4 is 15.4 Å². The van der Waals surface area contributed by atoms with Gasteiger partial charge in [-0.15, -0.1) is 0 Å². The van der Waals surface area contributed by atoms with Crippen molar-refractivity contribution in [3.8, 4) is 5.75 Å². The van der Waals surface area contributed by atoms with E-state index < -0.39 is 0 Å². The third kappa shape index (κ3) is 6.90. The topological polar surface area (TPSA) is 53.6 Å². The normalized spacial score (nSPS) is 11.9. The molecule has 1 unspecified atom stereocenters. The molecular weight excluding hydrogens is 345 g/mol. The molecule has 2 aromatic rings. The predicted molar refractivity (Wildman–Crippen MR) is 107 cm³/mol. The smallest absolute Gasteiger partial charge is 0.319 e. The number of ether oxygens (including phenoxy) is 1. The fraction of sp³-hybridized carbons (Fsp3) is 0.381. The third-order valence-electron chi connectivity index (χ3n) is 4.38. The molecule has 0 aliphatic heterocycles. The summed E-state index contributed by atoms with van der Waals surface area (Å²) in [6, 6.07) is 13.4. The zero-order chi connectivity index (χ0) is 19.6. The molecule has 0 saturated carbocycles. The van der Waals surface area contributed by atoms with Gasteiger partial charge in [0.2, 0.25) is 0 Å². The van der Waals surface area contributed by atoms with Gasteiger partial charge in [-0.3, -0.25) is 4.90 Å². The molecule has 27 heavy (non-hydrogen) atoms. The van der Waals surface area contributed by atoms with E-state index in [1.807, 2.05) is 0 Å². The average Bonchev–Trinajstić information content (AvgIpc) is 2.66. The summed E-state index contributed by atoms with van der Waals surface area (Å²) in [4.78, 5) is 14.4. The van der Waals surface area contributed by atoms with Gasteiger partial charge in [-0.05, 0) is 49.8 Å². The molecule has 146 valence electrons. The van der Waals surface area contributed by atoms with Crippen LogP contribution in [-0.2, 0) is 6.61 Å². The first kappa shape index (κ1) is 20.7. The molecule has 0 heterocycles. The van der Waals surface area contributed by atoms with Gasteiger partial charge in [0, 0.05) is 24.3 Å². The van der Waals surface area contributed by atoms with E-state index in [-0.39, 0.29) is 24.5 Å². The summed E-state index contributed by atoms with van der Waals surface area (Å²) in [5.41, 5.74) is 1.39. The summed E-state index contributed by atoms with van der Waals surface area (Å²) >= 11 is 0. The maximum Gasteiger partial charge on any atom is 0.319 e. The fourth-order valence-electron chi connectivity index (χ4n) is 2.85. The predicted octanol–water partition coefficient (Wildman–Crippen LogP) is 4.26. The number of hydrogen-bond acceptors (Lipinski definition) is 3. The van der Waals surface area contributed by atoms with Crippen LogP contribution >= 0.6 is 0 Å². The number of likely N-dealkylation sites (N-methyl/N-ethyl adjacent to an activating group) is 1. The Bertz CT molecular complexity index is 735. The number of urea groups is 1. The highest BCUT2D eigenvalue weighted by Gasteiger charge is 2.11. The highest BCUT2D eigenvalue weighted by Crippen LogP contribution is 2.19. The molecule has 2 rings (SSSR count). The summed E-state index contributed by atoms with van der Waals surface area (Å²) in [6.45, 7) is 9.04. The molecule has 6 heteroatoms. The van der Waals surface area contributed by atoms with Gasteiger partial charge in [0.05, 0.1) is 0 Å². The number of carbonyl (C=O) groups is 1. The molecule has 0 saturated heterocycles. The van der Waals surface area contributed by atoms with E-state index in [1.54, 1.807) is 36.4 Å². The van der Waals surface area contributed by atoms with Gasteiger partial charge in [-0.1, -0.05) is 32.0 Å². The minimum Gasteiger partial charge on any atom is -0.489 e. The molecule has 0 radical (unpaired) electrons. The van der Waals surface area contributed by atoms with Crippen LogP contribution in [-0.4, -0.2) is 36.6 Å². The first-order valence-corrected chi connectivity index (χ1v) is 9.28. The van der Waals surface area contributed by atoms with Crippen LogP contribution in [0.15, 0.2) is 48.5 Å². The average molecular weight is 373 g/mol. The van der Waals surface area contributed by atoms with Gasteiger partial charge in [-0.25, -0.2) is 9.18 Å². The van der Waals surface area contributed by atoms with Crippen molar-refractivity contribution in [2.45, 2.75) is 33.4 Å². The van der Waals surface area contributed by atoms with Crippen molar-refractivity contribution in [2.24, 2.45) is 0 Å². The number of amides is 2. The number of nitrogens with zero attached hydrogens (tertiary/aromatic N) is 1. The summed E-state index contributed by atoms with van der Waals surface area (Å²) in [7, 11) is 0. The first-order valence-electron chi connectivity index (χ1n) is 9.28. The zero-order valence-electron chi connectivity index (χ0n) is 16.2. The highest BCUT2D eigenvalue weighted by atomic mass is 19.1. The molecule has 0 spiro atoms. The Morgan fingerprint density at radius 2 is 1.89 bits per heavy atom. The molecule has 1 atom stereocenters. The van der Waals surface area contributed by atoms with E-state index >= 15 is 0 Å². The Labute approximate surface area is 160 Å². The number of anilines is 1. The minimum atomic E-state index is -0.290. The van der Waals surface area contributed by atoms with Gasteiger partial charge in [0.25, 0.3) is 0 Å². The lowest BCUT2D eigenvalue weighted by molar-refractivity contribution is 0.220. The minimum absolute atomic E-state index is 0.253. The van der Waals surface area contributed by atoms with Gasteiger partial charge >= 0.3 is 6.03 Å².